The van der Waals surface area contributed by atoms with E-state index in [0.29, 0.717) is 5.92 Å². The Hall–Kier alpha value is -0.820. The van der Waals surface area contributed by atoms with Gasteiger partial charge in [-0.15, -0.1) is 0 Å². The van der Waals surface area contributed by atoms with E-state index in [1.807, 2.05) is 34.6 Å². The lowest BCUT2D eigenvalue weighted by Crippen LogP contribution is -2.45. The molecule has 0 aromatic carbocycles. The molecule has 7 heteroatoms. The van der Waals surface area contributed by atoms with Crippen LogP contribution in [0.2, 0.25) is 0 Å². The average Bonchev–Trinajstić information content (AvgIpc) is 2.25. The highest BCUT2D eigenvalue weighted by atomic mass is 32.2. The van der Waals surface area contributed by atoms with Crippen LogP contribution in [-0.2, 0) is 14.8 Å². The molecule has 1 amide bonds. The molecule has 0 aromatic heterocycles. The Morgan fingerprint density at radius 3 is 2.04 bits per heavy atom. The van der Waals surface area contributed by atoms with Gasteiger partial charge in [0.2, 0.25) is 10.0 Å². The predicted octanol–water partition coefficient (Wildman–Crippen LogP) is 2.79. The molecule has 0 heterocycles. The number of ether oxygens (including phenoxy) is 1. The fraction of sp³-hybridized carbons (Fsp3) is 0.938. The molecule has 0 saturated heterocycles. The number of hydrogen-bond acceptors (Lipinski definition) is 4. The van der Waals surface area contributed by atoms with Gasteiger partial charge in [0.25, 0.3) is 0 Å². The molecule has 0 radical (unpaired) electrons. The van der Waals surface area contributed by atoms with Crippen molar-refractivity contribution in [2.75, 3.05) is 6.26 Å². The minimum atomic E-state index is -3.20. The molecule has 136 valence electrons. The van der Waals surface area contributed by atoms with Crippen LogP contribution >= 0.6 is 0 Å². The van der Waals surface area contributed by atoms with Gasteiger partial charge in [0.1, 0.15) is 5.60 Å². The SMILES string of the molecule is CC(C)(C[C@H]1CC[C@@H](NC(=O)OC(C)(C)C)CC1)NS(C)(=O)=O. The zero-order chi connectivity index (χ0) is 17.9. The summed E-state index contributed by atoms with van der Waals surface area (Å²) in [5.41, 5.74) is -0.924. The van der Waals surface area contributed by atoms with Crippen molar-refractivity contribution in [3.63, 3.8) is 0 Å². The third kappa shape index (κ3) is 9.15. The van der Waals surface area contributed by atoms with Gasteiger partial charge in [-0.1, -0.05) is 0 Å². The van der Waals surface area contributed by atoms with Crippen LogP contribution < -0.4 is 10.0 Å². The van der Waals surface area contributed by atoms with Crippen molar-refractivity contribution in [2.45, 2.75) is 83.9 Å². The van der Waals surface area contributed by atoms with Gasteiger partial charge in [-0.3, -0.25) is 0 Å². The normalized spacial score (nSPS) is 23.4. The maximum atomic E-state index is 11.8. The summed E-state index contributed by atoms with van der Waals surface area (Å²) in [4.78, 5) is 11.8. The summed E-state index contributed by atoms with van der Waals surface area (Å²) >= 11 is 0. The molecule has 0 bridgehead atoms. The van der Waals surface area contributed by atoms with E-state index in [4.69, 9.17) is 4.74 Å². The minimum absolute atomic E-state index is 0.145. The Kier molecular flexibility index (Phi) is 6.49. The zero-order valence-corrected chi connectivity index (χ0v) is 16.0. The Balaban J connectivity index is 2.40. The van der Waals surface area contributed by atoms with Crippen LogP contribution in [-0.4, -0.2) is 37.9 Å². The molecule has 1 rings (SSSR count). The van der Waals surface area contributed by atoms with Crippen LogP contribution in [0.1, 0.15) is 66.7 Å². The molecule has 1 aliphatic rings. The summed E-state index contributed by atoms with van der Waals surface area (Å²) in [5.74, 6) is 0.468. The van der Waals surface area contributed by atoms with Gasteiger partial charge < -0.3 is 10.1 Å². The molecule has 0 aromatic rings. The monoisotopic (exact) mass is 348 g/mol. The molecule has 6 nitrogen and oxygen atoms in total. The van der Waals surface area contributed by atoms with Gasteiger partial charge in [-0.05, 0) is 72.6 Å². The van der Waals surface area contributed by atoms with Crippen molar-refractivity contribution in [3.8, 4) is 0 Å². The molecule has 0 aliphatic heterocycles. The third-order valence-corrected chi connectivity index (χ3v) is 4.75. The molecule has 1 saturated carbocycles. The van der Waals surface area contributed by atoms with Gasteiger partial charge in [-0.25, -0.2) is 17.9 Å². The first kappa shape index (κ1) is 20.2. The van der Waals surface area contributed by atoms with Crippen LogP contribution in [0.25, 0.3) is 0 Å². The van der Waals surface area contributed by atoms with Crippen molar-refractivity contribution < 1.29 is 17.9 Å². The highest BCUT2D eigenvalue weighted by molar-refractivity contribution is 7.88. The number of nitrogens with one attached hydrogen (secondary N) is 2. The second-order valence-corrected chi connectivity index (χ2v) is 10.1. The first-order valence-electron chi connectivity index (χ1n) is 8.24. The van der Waals surface area contributed by atoms with Crippen molar-refractivity contribution in [1.29, 1.82) is 0 Å². The number of rotatable bonds is 5. The molecule has 23 heavy (non-hydrogen) atoms. The summed E-state index contributed by atoms with van der Waals surface area (Å²) in [6.45, 7) is 9.37. The van der Waals surface area contributed by atoms with Crippen molar-refractivity contribution >= 4 is 16.1 Å². The maximum Gasteiger partial charge on any atom is 0.407 e. The molecule has 0 atom stereocenters. The molecule has 1 aliphatic carbocycles. The standard InChI is InChI=1S/C16H32N2O4S/c1-15(2,3)22-14(19)17-13-9-7-12(8-10-13)11-16(4,5)18-23(6,20)21/h12-13,18H,7-11H2,1-6H3,(H,17,19)/t12-,13+. The lowest BCUT2D eigenvalue weighted by atomic mass is 9.79. The van der Waals surface area contributed by atoms with Crippen molar-refractivity contribution in [3.05, 3.63) is 0 Å². The second-order valence-electron chi connectivity index (χ2n) is 8.33. The summed E-state index contributed by atoms with van der Waals surface area (Å²) in [6.07, 6.45) is 5.40. The number of carbonyl (C=O) groups excluding carboxylic acids is 1. The summed E-state index contributed by atoms with van der Waals surface area (Å²) in [6, 6.07) is 0.145. The third-order valence-electron chi connectivity index (χ3n) is 3.83. The van der Waals surface area contributed by atoms with Gasteiger partial charge in [0, 0.05) is 11.6 Å². The van der Waals surface area contributed by atoms with Crippen LogP contribution in [0.5, 0.6) is 0 Å². The minimum Gasteiger partial charge on any atom is -0.444 e. The Labute approximate surface area is 140 Å². The highest BCUT2D eigenvalue weighted by Gasteiger charge is 2.30. The lowest BCUT2D eigenvalue weighted by Gasteiger charge is -2.35. The molecular formula is C16H32N2O4S. The summed E-state index contributed by atoms with van der Waals surface area (Å²) in [7, 11) is -3.20. The molecule has 1 fully saturated rings. The van der Waals surface area contributed by atoms with E-state index in [2.05, 4.69) is 10.0 Å². The smallest absolute Gasteiger partial charge is 0.407 e. The lowest BCUT2D eigenvalue weighted by molar-refractivity contribution is 0.0484. The maximum absolute atomic E-state index is 11.8. The number of carbonyl (C=O) groups is 1. The van der Waals surface area contributed by atoms with Crippen molar-refractivity contribution in [1.82, 2.24) is 10.0 Å². The molecular weight excluding hydrogens is 316 g/mol. The van der Waals surface area contributed by atoms with Crippen LogP contribution in [0, 0.1) is 5.92 Å². The first-order valence-corrected chi connectivity index (χ1v) is 10.1. The zero-order valence-electron chi connectivity index (χ0n) is 15.2. The average molecular weight is 349 g/mol. The molecule has 2 N–H and O–H groups in total. The topological polar surface area (TPSA) is 84.5 Å². The second kappa shape index (κ2) is 7.38. The first-order chi connectivity index (χ1) is 10.3. The number of hydrogen-bond donors (Lipinski definition) is 2. The summed E-state index contributed by atoms with van der Waals surface area (Å²) in [5, 5.41) is 2.92. The van der Waals surface area contributed by atoms with Crippen LogP contribution in [0.15, 0.2) is 0 Å². The van der Waals surface area contributed by atoms with E-state index in [0.717, 1.165) is 32.1 Å². The number of amides is 1. The van der Waals surface area contributed by atoms with E-state index in [9.17, 15) is 13.2 Å². The molecule has 0 spiro atoms. The Bertz CT molecular complexity index is 501. The summed E-state index contributed by atoms with van der Waals surface area (Å²) < 4.78 is 30.8. The van der Waals surface area contributed by atoms with Crippen molar-refractivity contribution in [2.24, 2.45) is 5.92 Å². The predicted molar refractivity (Wildman–Crippen MR) is 91.8 cm³/mol. The van der Waals surface area contributed by atoms with E-state index in [1.165, 1.54) is 6.26 Å². The van der Waals surface area contributed by atoms with Gasteiger partial charge in [-0.2, -0.15) is 0 Å². The van der Waals surface area contributed by atoms with Crippen LogP contribution in [0.4, 0.5) is 4.79 Å². The Morgan fingerprint density at radius 2 is 1.61 bits per heavy atom. The largest absolute Gasteiger partial charge is 0.444 e. The van der Waals surface area contributed by atoms with Gasteiger partial charge >= 0.3 is 6.09 Å². The van der Waals surface area contributed by atoms with E-state index < -0.39 is 21.2 Å². The molecule has 0 unspecified atom stereocenters. The fourth-order valence-corrected chi connectivity index (χ4v) is 4.34. The van der Waals surface area contributed by atoms with Gasteiger partial charge in [0.15, 0.2) is 0 Å². The fourth-order valence-electron chi connectivity index (χ4n) is 3.25. The van der Waals surface area contributed by atoms with Gasteiger partial charge in [0.05, 0.1) is 6.26 Å². The van der Waals surface area contributed by atoms with E-state index in [1.54, 1.807) is 0 Å². The van der Waals surface area contributed by atoms with E-state index in [-0.39, 0.29) is 12.1 Å². The quantitative estimate of drug-likeness (QED) is 0.800. The Morgan fingerprint density at radius 1 is 1.09 bits per heavy atom. The van der Waals surface area contributed by atoms with E-state index >= 15 is 0 Å². The van der Waals surface area contributed by atoms with Crippen LogP contribution in [0.3, 0.4) is 0 Å². The number of sulfonamides is 1. The number of alkyl carbamates (subject to hydrolysis) is 1. The highest BCUT2D eigenvalue weighted by Crippen LogP contribution is 2.31.